The zero-order valence-electron chi connectivity index (χ0n) is 11.9. The van der Waals surface area contributed by atoms with Crippen molar-refractivity contribution in [1.82, 2.24) is 0 Å². The number of aliphatic hydroxyl groups is 1. The van der Waals surface area contributed by atoms with Crippen LogP contribution in [0.5, 0.6) is 0 Å². The van der Waals surface area contributed by atoms with Gasteiger partial charge in [0.25, 0.3) is 0 Å². The topological polar surface area (TPSA) is 110 Å². The van der Waals surface area contributed by atoms with Crippen molar-refractivity contribution >= 4 is 17.9 Å². The molecule has 0 saturated carbocycles. The lowest BCUT2D eigenvalue weighted by Crippen LogP contribution is -2.20. The molecule has 0 aliphatic heterocycles. The molecule has 0 aromatic heterocycles. The van der Waals surface area contributed by atoms with Crippen LogP contribution >= 0.6 is 0 Å². The van der Waals surface area contributed by atoms with Crippen LogP contribution in [0.4, 0.5) is 0 Å². The van der Waals surface area contributed by atoms with Crippen molar-refractivity contribution in [3.63, 3.8) is 0 Å². The van der Waals surface area contributed by atoms with Gasteiger partial charge in [0.2, 0.25) is 6.29 Å². The molecule has 0 bridgehead atoms. The number of esters is 2. The highest BCUT2D eigenvalue weighted by Crippen LogP contribution is 2.08. The summed E-state index contributed by atoms with van der Waals surface area (Å²) in [4.78, 5) is 33.6. The Kier molecular flexibility index (Phi) is 6.27. The van der Waals surface area contributed by atoms with Crippen LogP contribution in [0.3, 0.4) is 0 Å². The van der Waals surface area contributed by atoms with Crippen molar-refractivity contribution in [2.45, 2.75) is 19.6 Å². The molecule has 1 unspecified atom stereocenters. The summed E-state index contributed by atoms with van der Waals surface area (Å²) >= 11 is 0. The molecule has 7 heteroatoms. The second-order valence-electron chi connectivity index (χ2n) is 4.45. The standard InChI is InChI=1S/C15H16O7/c1-9(2)14(19)22-12(16)6-7-21-15(20)11-5-3-4-10(8-11)13(17)18/h3-5,8,12,16H,1,6-7H2,2H3,(H,17,18). The molecule has 7 nitrogen and oxygen atoms in total. The van der Waals surface area contributed by atoms with E-state index in [0.29, 0.717) is 0 Å². The van der Waals surface area contributed by atoms with Gasteiger partial charge in [-0.15, -0.1) is 0 Å². The lowest BCUT2D eigenvalue weighted by atomic mass is 10.1. The molecule has 1 atom stereocenters. The molecule has 0 amide bonds. The molecule has 0 saturated heterocycles. The molecule has 0 radical (unpaired) electrons. The first-order valence-electron chi connectivity index (χ1n) is 6.36. The third-order valence-electron chi connectivity index (χ3n) is 2.53. The van der Waals surface area contributed by atoms with Crippen molar-refractivity contribution in [2.24, 2.45) is 0 Å². The number of benzene rings is 1. The first kappa shape index (κ1) is 17.4. The second kappa shape index (κ2) is 7.94. The predicted molar refractivity (Wildman–Crippen MR) is 75.2 cm³/mol. The van der Waals surface area contributed by atoms with E-state index in [1.807, 2.05) is 0 Å². The van der Waals surface area contributed by atoms with Crippen LogP contribution in [-0.4, -0.2) is 41.0 Å². The van der Waals surface area contributed by atoms with Gasteiger partial charge in [-0.2, -0.15) is 0 Å². The quantitative estimate of drug-likeness (QED) is 0.444. The van der Waals surface area contributed by atoms with E-state index in [0.717, 1.165) is 0 Å². The third kappa shape index (κ3) is 5.37. The SMILES string of the molecule is C=C(C)C(=O)OC(O)CCOC(=O)c1cccc(C(=O)O)c1. The van der Waals surface area contributed by atoms with E-state index in [1.165, 1.54) is 31.2 Å². The predicted octanol–water partition coefficient (Wildman–Crippen LogP) is 1.37. The number of carbonyl (C=O) groups is 3. The Labute approximate surface area is 126 Å². The van der Waals surface area contributed by atoms with Crippen molar-refractivity contribution in [2.75, 3.05) is 6.61 Å². The van der Waals surface area contributed by atoms with Gasteiger partial charge < -0.3 is 19.7 Å². The lowest BCUT2D eigenvalue weighted by Gasteiger charge is -2.12. The fourth-order valence-corrected chi connectivity index (χ4v) is 1.40. The summed E-state index contributed by atoms with van der Waals surface area (Å²) in [5.74, 6) is -2.63. The number of hydrogen-bond acceptors (Lipinski definition) is 6. The molecule has 1 aromatic rings. The third-order valence-corrected chi connectivity index (χ3v) is 2.53. The van der Waals surface area contributed by atoms with Crippen LogP contribution in [0.25, 0.3) is 0 Å². The molecule has 1 rings (SSSR count). The van der Waals surface area contributed by atoms with Gasteiger partial charge in [0.15, 0.2) is 0 Å². The van der Waals surface area contributed by atoms with Crippen LogP contribution in [0.1, 0.15) is 34.1 Å². The van der Waals surface area contributed by atoms with Crippen molar-refractivity contribution in [3.8, 4) is 0 Å². The molecule has 1 aromatic carbocycles. The number of carbonyl (C=O) groups excluding carboxylic acids is 2. The Morgan fingerprint density at radius 2 is 1.91 bits per heavy atom. The fraction of sp³-hybridized carbons (Fsp3) is 0.267. The molecule has 2 N–H and O–H groups in total. The molecular weight excluding hydrogens is 292 g/mol. The van der Waals surface area contributed by atoms with E-state index in [4.69, 9.17) is 9.84 Å². The summed E-state index contributed by atoms with van der Waals surface area (Å²) in [5, 5.41) is 18.2. The van der Waals surface area contributed by atoms with Gasteiger partial charge in [0.05, 0.1) is 17.7 Å². The first-order valence-corrected chi connectivity index (χ1v) is 6.36. The van der Waals surface area contributed by atoms with Gasteiger partial charge in [0.1, 0.15) is 0 Å². The maximum atomic E-state index is 11.7. The minimum atomic E-state index is -1.41. The highest BCUT2D eigenvalue weighted by Gasteiger charge is 2.14. The molecule has 0 aliphatic rings. The van der Waals surface area contributed by atoms with E-state index >= 15 is 0 Å². The van der Waals surface area contributed by atoms with Gasteiger partial charge in [-0.3, -0.25) is 0 Å². The zero-order valence-corrected chi connectivity index (χ0v) is 11.9. The summed E-state index contributed by atoms with van der Waals surface area (Å²) < 4.78 is 9.47. The summed E-state index contributed by atoms with van der Waals surface area (Å²) in [6.45, 7) is 4.60. The zero-order chi connectivity index (χ0) is 16.7. The minimum absolute atomic E-state index is 0.0372. The van der Waals surface area contributed by atoms with Gasteiger partial charge >= 0.3 is 17.9 Å². The van der Waals surface area contributed by atoms with E-state index in [9.17, 15) is 19.5 Å². The number of carboxylic acid groups (broad SMARTS) is 1. The Bertz CT molecular complexity index is 591. The van der Waals surface area contributed by atoms with E-state index < -0.39 is 24.2 Å². The lowest BCUT2D eigenvalue weighted by molar-refractivity contribution is -0.164. The average molecular weight is 308 g/mol. The van der Waals surface area contributed by atoms with Crippen molar-refractivity contribution in [1.29, 1.82) is 0 Å². The summed E-state index contributed by atoms with van der Waals surface area (Å²) in [6, 6.07) is 5.36. The van der Waals surface area contributed by atoms with Crippen LogP contribution in [0, 0.1) is 0 Å². The Morgan fingerprint density at radius 3 is 2.50 bits per heavy atom. The molecule has 0 spiro atoms. The molecule has 118 valence electrons. The largest absolute Gasteiger partial charge is 0.478 e. The molecular formula is C15H16O7. The molecule has 0 fully saturated rings. The van der Waals surface area contributed by atoms with Crippen LogP contribution in [-0.2, 0) is 14.3 Å². The Balaban J connectivity index is 2.46. The summed E-state index contributed by atoms with van der Waals surface area (Å²) in [5.41, 5.74) is 0.180. The Hall–Kier alpha value is -2.67. The molecule has 0 aliphatic carbocycles. The monoisotopic (exact) mass is 308 g/mol. The number of rotatable bonds is 7. The number of hydrogen-bond donors (Lipinski definition) is 2. The van der Waals surface area contributed by atoms with Gasteiger partial charge in [-0.25, -0.2) is 14.4 Å². The minimum Gasteiger partial charge on any atom is -0.478 e. The maximum absolute atomic E-state index is 11.7. The van der Waals surface area contributed by atoms with Gasteiger partial charge in [0, 0.05) is 12.0 Å². The first-order chi connectivity index (χ1) is 10.3. The second-order valence-corrected chi connectivity index (χ2v) is 4.45. The highest BCUT2D eigenvalue weighted by molar-refractivity contribution is 5.94. The average Bonchev–Trinajstić information content (AvgIpc) is 2.46. The van der Waals surface area contributed by atoms with Crippen molar-refractivity contribution < 1.29 is 34.1 Å². The fourth-order valence-electron chi connectivity index (χ4n) is 1.40. The Morgan fingerprint density at radius 1 is 1.27 bits per heavy atom. The number of aliphatic hydroxyl groups excluding tert-OH is 1. The molecule has 22 heavy (non-hydrogen) atoms. The van der Waals surface area contributed by atoms with Crippen LogP contribution in [0.15, 0.2) is 36.4 Å². The maximum Gasteiger partial charge on any atom is 0.338 e. The summed E-state index contributed by atoms with van der Waals surface area (Å²) in [6.07, 6.45) is -1.52. The van der Waals surface area contributed by atoms with Crippen LogP contribution < -0.4 is 0 Å². The van der Waals surface area contributed by atoms with E-state index in [1.54, 1.807) is 0 Å². The van der Waals surface area contributed by atoms with Gasteiger partial charge in [-0.1, -0.05) is 12.6 Å². The smallest absolute Gasteiger partial charge is 0.338 e. The number of ether oxygens (including phenoxy) is 2. The van der Waals surface area contributed by atoms with Gasteiger partial charge in [-0.05, 0) is 25.1 Å². The highest BCUT2D eigenvalue weighted by atomic mass is 16.6. The van der Waals surface area contributed by atoms with Crippen molar-refractivity contribution in [3.05, 3.63) is 47.5 Å². The summed E-state index contributed by atoms with van der Waals surface area (Å²) in [7, 11) is 0. The number of carboxylic acids is 1. The normalized spacial score (nSPS) is 11.4. The van der Waals surface area contributed by atoms with Crippen LogP contribution in [0.2, 0.25) is 0 Å². The van der Waals surface area contributed by atoms with E-state index in [-0.39, 0.29) is 29.7 Å². The van der Waals surface area contributed by atoms with E-state index in [2.05, 4.69) is 11.3 Å². The molecule has 0 heterocycles. The number of aromatic carboxylic acids is 1.